The van der Waals surface area contributed by atoms with Gasteiger partial charge >= 0.3 is 0 Å². The fourth-order valence-electron chi connectivity index (χ4n) is 2.24. The fraction of sp³-hybridized carbons (Fsp3) is 0.500. The van der Waals surface area contributed by atoms with Gasteiger partial charge in [-0.25, -0.2) is 4.39 Å². The molecule has 1 N–H and O–H groups in total. The zero-order valence-electron chi connectivity index (χ0n) is 14.1. The van der Waals surface area contributed by atoms with E-state index >= 15 is 0 Å². The Bertz CT molecular complexity index is 540. The van der Waals surface area contributed by atoms with E-state index in [1.165, 1.54) is 6.92 Å². The van der Waals surface area contributed by atoms with E-state index in [9.17, 15) is 9.18 Å². The van der Waals surface area contributed by atoms with Crippen LogP contribution in [0.1, 0.15) is 56.5 Å². The molecule has 2 atom stereocenters. The van der Waals surface area contributed by atoms with E-state index in [-0.39, 0.29) is 5.78 Å². The van der Waals surface area contributed by atoms with Crippen LogP contribution >= 0.6 is 0 Å². The Hall–Kier alpha value is -1.84. The average Bonchev–Trinajstić information content (AvgIpc) is 2.47. The molecule has 0 aliphatic heterocycles. The molecule has 1 unspecified atom stereocenters. The van der Waals surface area contributed by atoms with E-state index in [1.807, 2.05) is 20.0 Å². The minimum absolute atomic E-state index is 0.00698. The number of carbonyl (C=O) groups excluding carboxylic acids is 1. The van der Waals surface area contributed by atoms with E-state index in [1.54, 1.807) is 32.2 Å². The lowest BCUT2D eigenvalue weighted by atomic mass is 10.0. The van der Waals surface area contributed by atoms with Gasteiger partial charge in [0.25, 0.3) is 0 Å². The Labute approximate surface area is 132 Å². The van der Waals surface area contributed by atoms with Gasteiger partial charge in [0, 0.05) is 18.2 Å². The van der Waals surface area contributed by atoms with Gasteiger partial charge in [0.15, 0.2) is 5.78 Å². The molecule has 0 heterocycles. The quantitative estimate of drug-likeness (QED) is 0.725. The molecular formula is C18H26FNO2. The van der Waals surface area contributed by atoms with Crippen molar-refractivity contribution in [2.75, 3.05) is 7.05 Å². The predicted molar refractivity (Wildman–Crippen MR) is 89.1 cm³/mol. The van der Waals surface area contributed by atoms with Crippen LogP contribution in [0.25, 0.3) is 5.57 Å². The number of allylic oxidation sites excluding steroid dienone is 1. The van der Waals surface area contributed by atoms with Crippen molar-refractivity contribution in [3.05, 3.63) is 35.5 Å². The maximum Gasteiger partial charge on any atom is 0.159 e. The lowest BCUT2D eigenvalue weighted by Crippen LogP contribution is -2.25. The predicted octanol–water partition coefficient (Wildman–Crippen LogP) is 4.37. The van der Waals surface area contributed by atoms with Gasteiger partial charge in [0.1, 0.15) is 18.0 Å². The van der Waals surface area contributed by atoms with Crippen LogP contribution in [-0.4, -0.2) is 25.1 Å². The summed E-state index contributed by atoms with van der Waals surface area (Å²) in [5.74, 6) is 0.590. The van der Waals surface area contributed by atoms with Gasteiger partial charge < -0.3 is 10.1 Å². The van der Waals surface area contributed by atoms with Gasteiger partial charge in [-0.05, 0) is 57.2 Å². The highest BCUT2D eigenvalue weighted by Gasteiger charge is 2.19. The molecule has 0 radical (unpaired) electrons. The molecule has 0 saturated heterocycles. The van der Waals surface area contributed by atoms with Crippen LogP contribution in [0.3, 0.4) is 0 Å². The summed E-state index contributed by atoms with van der Waals surface area (Å²) in [6.45, 7) is 7.14. The smallest absolute Gasteiger partial charge is 0.159 e. The Balaban J connectivity index is 3.12. The number of ether oxygens (including phenoxy) is 1. The van der Waals surface area contributed by atoms with Crippen molar-refractivity contribution in [1.82, 2.24) is 5.32 Å². The third-order valence-electron chi connectivity index (χ3n) is 3.56. The summed E-state index contributed by atoms with van der Waals surface area (Å²) >= 11 is 0. The normalized spacial score (nSPS) is 14.4. The van der Waals surface area contributed by atoms with Crippen molar-refractivity contribution in [2.24, 2.45) is 0 Å². The Morgan fingerprint density at radius 2 is 2.09 bits per heavy atom. The van der Waals surface area contributed by atoms with Crippen LogP contribution in [0.5, 0.6) is 5.75 Å². The molecule has 0 spiro atoms. The molecule has 0 saturated carbocycles. The minimum atomic E-state index is -1.00. The molecule has 0 aliphatic carbocycles. The van der Waals surface area contributed by atoms with Gasteiger partial charge in [-0.1, -0.05) is 13.3 Å². The van der Waals surface area contributed by atoms with E-state index < -0.39 is 12.3 Å². The highest BCUT2D eigenvalue weighted by Crippen LogP contribution is 2.29. The van der Waals surface area contributed by atoms with Crippen molar-refractivity contribution in [1.29, 1.82) is 0 Å². The van der Waals surface area contributed by atoms with Crippen LogP contribution in [0.4, 0.5) is 4.39 Å². The molecule has 4 heteroatoms. The van der Waals surface area contributed by atoms with Crippen LogP contribution in [0.2, 0.25) is 0 Å². The first-order valence-electron chi connectivity index (χ1n) is 7.70. The first-order valence-corrected chi connectivity index (χ1v) is 7.70. The molecule has 3 nitrogen and oxygen atoms in total. The van der Waals surface area contributed by atoms with Crippen molar-refractivity contribution >= 4 is 11.4 Å². The van der Waals surface area contributed by atoms with Crippen LogP contribution in [-0.2, 0) is 0 Å². The molecule has 1 aromatic carbocycles. The molecule has 0 aromatic heterocycles. The molecule has 0 amide bonds. The Morgan fingerprint density at radius 3 is 2.64 bits per heavy atom. The summed E-state index contributed by atoms with van der Waals surface area (Å²) in [4.78, 5) is 11.6. The zero-order valence-corrected chi connectivity index (χ0v) is 14.1. The number of alkyl halides is 1. The van der Waals surface area contributed by atoms with Gasteiger partial charge in [0.05, 0.1) is 0 Å². The number of rotatable bonds is 8. The van der Waals surface area contributed by atoms with Crippen LogP contribution in [0, 0.1) is 0 Å². The first-order chi connectivity index (χ1) is 10.4. The Kier molecular flexibility index (Phi) is 7.09. The van der Waals surface area contributed by atoms with Crippen molar-refractivity contribution in [3.8, 4) is 5.75 Å². The van der Waals surface area contributed by atoms with E-state index in [2.05, 4.69) is 5.32 Å². The fourth-order valence-corrected chi connectivity index (χ4v) is 2.24. The molecule has 0 bridgehead atoms. The lowest BCUT2D eigenvalue weighted by Gasteiger charge is -2.21. The second kappa shape index (κ2) is 8.57. The number of nitrogens with one attached hydrogen (secondary N) is 1. The Morgan fingerprint density at radius 1 is 1.41 bits per heavy atom. The van der Waals surface area contributed by atoms with Gasteiger partial charge in [-0.15, -0.1) is 0 Å². The number of ketones is 1. The zero-order chi connectivity index (χ0) is 16.7. The van der Waals surface area contributed by atoms with Crippen molar-refractivity contribution in [2.45, 2.75) is 52.8 Å². The van der Waals surface area contributed by atoms with Gasteiger partial charge in [-0.2, -0.15) is 0 Å². The molecule has 122 valence electrons. The average molecular weight is 307 g/mol. The van der Waals surface area contributed by atoms with Crippen molar-refractivity contribution < 1.29 is 13.9 Å². The van der Waals surface area contributed by atoms with Crippen LogP contribution < -0.4 is 10.1 Å². The number of carbonyl (C=O) groups is 1. The molecule has 0 fully saturated rings. The summed E-state index contributed by atoms with van der Waals surface area (Å²) in [5.41, 5.74) is 2.35. The standard InChI is InChI=1S/C18H26FNO2/c1-6-7-17(19)14(4)22-18-9-8-15(13(3)21)10-16(18)12(2)11-20-5/h8-11,14,17,20H,6-7H2,1-5H3/b12-11+/t14?,17-/m1/s1. The van der Waals surface area contributed by atoms with E-state index in [0.717, 1.165) is 17.6 Å². The van der Waals surface area contributed by atoms with Crippen LogP contribution in [0.15, 0.2) is 24.4 Å². The third-order valence-corrected chi connectivity index (χ3v) is 3.56. The summed E-state index contributed by atoms with van der Waals surface area (Å²) < 4.78 is 19.8. The molecular weight excluding hydrogens is 281 g/mol. The second-order valence-corrected chi connectivity index (χ2v) is 5.51. The SMILES string of the molecule is CCC[C@@H](F)C(C)Oc1ccc(C(C)=O)cc1/C(C)=C/NC. The molecule has 1 rings (SSSR count). The number of halogens is 1. The molecule has 22 heavy (non-hydrogen) atoms. The maximum atomic E-state index is 14.0. The number of hydrogen-bond donors (Lipinski definition) is 1. The van der Waals surface area contributed by atoms with E-state index in [0.29, 0.717) is 17.7 Å². The second-order valence-electron chi connectivity index (χ2n) is 5.51. The number of hydrogen-bond acceptors (Lipinski definition) is 3. The monoisotopic (exact) mass is 307 g/mol. The highest BCUT2D eigenvalue weighted by atomic mass is 19.1. The highest BCUT2D eigenvalue weighted by molar-refractivity contribution is 5.95. The summed E-state index contributed by atoms with van der Waals surface area (Å²) in [5, 5.41) is 2.96. The largest absolute Gasteiger partial charge is 0.487 e. The first kappa shape index (κ1) is 18.2. The maximum absolute atomic E-state index is 14.0. The lowest BCUT2D eigenvalue weighted by molar-refractivity contribution is 0.101. The summed E-state index contributed by atoms with van der Waals surface area (Å²) in [6, 6.07) is 5.25. The number of Topliss-reactive ketones (excluding diaryl/α,β-unsaturated/α-hetero) is 1. The van der Waals surface area contributed by atoms with Gasteiger partial charge in [-0.3, -0.25) is 4.79 Å². The van der Waals surface area contributed by atoms with Gasteiger partial charge in [0.2, 0.25) is 0 Å². The third kappa shape index (κ3) is 4.86. The molecule has 1 aromatic rings. The topological polar surface area (TPSA) is 38.3 Å². The van der Waals surface area contributed by atoms with E-state index in [4.69, 9.17) is 4.74 Å². The summed E-state index contributed by atoms with van der Waals surface area (Å²) in [6.07, 6.45) is 1.57. The number of benzene rings is 1. The summed E-state index contributed by atoms with van der Waals surface area (Å²) in [7, 11) is 1.81. The molecule has 0 aliphatic rings. The minimum Gasteiger partial charge on any atom is -0.487 e. The van der Waals surface area contributed by atoms with Crippen molar-refractivity contribution in [3.63, 3.8) is 0 Å².